The van der Waals surface area contributed by atoms with Crippen molar-refractivity contribution in [3.63, 3.8) is 0 Å². The second-order valence-corrected chi connectivity index (χ2v) is 6.51. The summed E-state index contributed by atoms with van der Waals surface area (Å²) in [7, 11) is 0. The third kappa shape index (κ3) is 6.05. The third-order valence-corrected chi connectivity index (χ3v) is 3.96. The Morgan fingerprint density at radius 3 is 2.82 bits per heavy atom. The van der Waals surface area contributed by atoms with Crippen LogP contribution in [0.25, 0.3) is 0 Å². The second-order valence-electron chi connectivity index (χ2n) is 6.51. The van der Waals surface area contributed by atoms with Crippen LogP contribution in [0.3, 0.4) is 0 Å². The molecular weight excluding hydrogens is 278 g/mol. The molecule has 4 nitrogen and oxygen atoms in total. The predicted octanol–water partition coefficient (Wildman–Crippen LogP) is 2.31. The van der Waals surface area contributed by atoms with Crippen LogP contribution in [0.1, 0.15) is 25.8 Å². The monoisotopic (exact) mass is 307 g/mol. The molecule has 1 N–H and O–H groups in total. The summed E-state index contributed by atoms with van der Waals surface area (Å²) in [4.78, 5) is 2.35. The Kier molecular flexibility index (Phi) is 7.33. The first-order valence-corrected chi connectivity index (χ1v) is 8.26. The van der Waals surface area contributed by atoms with Crippen LogP contribution in [0.5, 0.6) is 0 Å². The van der Waals surface area contributed by atoms with Gasteiger partial charge in [0.05, 0.1) is 32.5 Å². The summed E-state index contributed by atoms with van der Waals surface area (Å²) in [6.45, 7) is 8.47. The largest absolute Gasteiger partial charge is 0.389 e. The predicted molar refractivity (Wildman–Crippen MR) is 87.7 cm³/mol. The van der Waals surface area contributed by atoms with Crippen LogP contribution in [0.2, 0.25) is 0 Å². The van der Waals surface area contributed by atoms with Crippen LogP contribution in [0, 0.1) is 5.92 Å². The zero-order chi connectivity index (χ0) is 15.8. The maximum atomic E-state index is 10.2. The van der Waals surface area contributed by atoms with E-state index in [4.69, 9.17) is 9.47 Å². The minimum atomic E-state index is -0.448. The van der Waals surface area contributed by atoms with Gasteiger partial charge >= 0.3 is 0 Å². The standard InChI is InChI=1S/C18H29NO3/c1-15(2)10-17-13-21-9-8-19(17)11-18(20)14-22-12-16-6-4-3-5-7-16/h3-7,15,17-18,20H,8-14H2,1-2H3. The zero-order valence-electron chi connectivity index (χ0n) is 13.8. The van der Waals surface area contributed by atoms with Crippen molar-refractivity contribution in [2.45, 2.75) is 39.0 Å². The van der Waals surface area contributed by atoms with E-state index in [9.17, 15) is 5.11 Å². The van der Waals surface area contributed by atoms with Crippen molar-refractivity contribution in [2.75, 3.05) is 32.9 Å². The molecule has 0 spiro atoms. The lowest BCUT2D eigenvalue weighted by Gasteiger charge is -2.37. The Morgan fingerprint density at radius 2 is 2.09 bits per heavy atom. The second kappa shape index (κ2) is 9.26. The fraction of sp³-hybridized carbons (Fsp3) is 0.667. The summed E-state index contributed by atoms with van der Waals surface area (Å²) in [6.07, 6.45) is 0.661. The summed E-state index contributed by atoms with van der Waals surface area (Å²) in [5.41, 5.74) is 1.14. The molecule has 4 heteroatoms. The van der Waals surface area contributed by atoms with Crippen LogP contribution in [-0.4, -0.2) is 55.1 Å². The molecule has 0 amide bonds. The maximum absolute atomic E-state index is 10.2. The lowest BCUT2D eigenvalue weighted by molar-refractivity contribution is -0.0491. The summed E-state index contributed by atoms with van der Waals surface area (Å²) >= 11 is 0. The minimum absolute atomic E-state index is 0.376. The Hall–Kier alpha value is -0.940. The first-order chi connectivity index (χ1) is 10.6. The molecule has 1 fully saturated rings. The molecule has 1 aromatic rings. The first-order valence-electron chi connectivity index (χ1n) is 8.26. The topological polar surface area (TPSA) is 41.9 Å². The molecule has 2 atom stereocenters. The van der Waals surface area contributed by atoms with Gasteiger partial charge in [-0.1, -0.05) is 44.2 Å². The van der Waals surface area contributed by atoms with E-state index in [1.54, 1.807) is 0 Å². The molecule has 2 unspecified atom stereocenters. The van der Waals surface area contributed by atoms with Gasteiger partial charge in [-0.3, -0.25) is 4.90 Å². The van der Waals surface area contributed by atoms with Gasteiger partial charge in [-0.15, -0.1) is 0 Å². The Bertz CT molecular complexity index is 410. The lowest BCUT2D eigenvalue weighted by atomic mass is 10.0. The SMILES string of the molecule is CC(C)CC1COCCN1CC(O)COCc1ccccc1. The molecule has 124 valence electrons. The molecule has 0 aromatic heterocycles. The molecule has 1 saturated heterocycles. The van der Waals surface area contributed by atoms with E-state index in [0.717, 1.165) is 31.7 Å². The number of benzene rings is 1. The van der Waals surface area contributed by atoms with E-state index in [-0.39, 0.29) is 0 Å². The summed E-state index contributed by atoms with van der Waals surface area (Å²) in [5, 5.41) is 10.2. The van der Waals surface area contributed by atoms with Gasteiger partial charge in [-0.25, -0.2) is 0 Å². The smallest absolute Gasteiger partial charge is 0.0900 e. The molecule has 1 aliphatic heterocycles. The normalized spacial score (nSPS) is 21.2. The Balaban J connectivity index is 1.71. The molecule has 1 aromatic carbocycles. The van der Waals surface area contributed by atoms with Crippen molar-refractivity contribution < 1.29 is 14.6 Å². The van der Waals surface area contributed by atoms with Gasteiger partial charge in [0.2, 0.25) is 0 Å². The number of hydrogen-bond acceptors (Lipinski definition) is 4. The first kappa shape index (κ1) is 17.4. The summed E-state index contributed by atoms with van der Waals surface area (Å²) < 4.78 is 11.2. The highest BCUT2D eigenvalue weighted by Crippen LogP contribution is 2.16. The number of hydrogen-bond donors (Lipinski definition) is 1. The van der Waals surface area contributed by atoms with Gasteiger partial charge in [-0.05, 0) is 17.9 Å². The summed E-state index contributed by atoms with van der Waals surface area (Å²) in [5.74, 6) is 0.640. The van der Waals surface area contributed by atoms with Crippen LogP contribution >= 0.6 is 0 Å². The average molecular weight is 307 g/mol. The van der Waals surface area contributed by atoms with E-state index in [1.165, 1.54) is 0 Å². The Morgan fingerprint density at radius 1 is 1.32 bits per heavy atom. The number of rotatable bonds is 8. The molecule has 1 aliphatic rings. The van der Waals surface area contributed by atoms with Gasteiger partial charge in [0.25, 0.3) is 0 Å². The van der Waals surface area contributed by atoms with E-state index < -0.39 is 6.10 Å². The molecule has 0 aliphatic carbocycles. The van der Waals surface area contributed by atoms with Crippen molar-refractivity contribution in [1.82, 2.24) is 4.90 Å². The summed E-state index contributed by atoms with van der Waals surface area (Å²) in [6, 6.07) is 10.5. The lowest BCUT2D eigenvalue weighted by Crippen LogP contribution is -2.49. The number of β-amino-alcohol motifs (C(OH)–C–C–N with tert-alkyl or cyclic N) is 1. The number of aliphatic hydroxyl groups is 1. The number of ether oxygens (including phenoxy) is 2. The highest BCUT2D eigenvalue weighted by atomic mass is 16.5. The van der Waals surface area contributed by atoms with Crippen molar-refractivity contribution >= 4 is 0 Å². The van der Waals surface area contributed by atoms with Crippen LogP contribution < -0.4 is 0 Å². The molecule has 1 heterocycles. The highest BCUT2D eigenvalue weighted by molar-refractivity contribution is 5.13. The van der Waals surface area contributed by atoms with Crippen LogP contribution in [0.15, 0.2) is 30.3 Å². The molecule has 0 radical (unpaired) electrons. The zero-order valence-corrected chi connectivity index (χ0v) is 13.8. The van der Waals surface area contributed by atoms with Gasteiger partial charge in [0, 0.05) is 19.1 Å². The molecular formula is C18H29NO3. The van der Waals surface area contributed by atoms with Crippen molar-refractivity contribution in [1.29, 1.82) is 0 Å². The van der Waals surface area contributed by atoms with Gasteiger partial charge in [0.1, 0.15) is 0 Å². The third-order valence-electron chi connectivity index (χ3n) is 3.96. The fourth-order valence-electron chi connectivity index (χ4n) is 2.90. The van der Waals surface area contributed by atoms with Crippen molar-refractivity contribution in [2.24, 2.45) is 5.92 Å². The van der Waals surface area contributed by atoms with Gasteiger partial charge in [-0.2, -0.15) is 0 Å². The van der Waals surface area contributed by atoms with E-state index in [2.05, 4.69) is 18.7 Å². The molecule has 22 heavy (non-hydrogen) atoms. The van der Waals surface area contributed by atoms with E-state index in [1.807, 2.05) is 30.3 Å². The minimum Gasteiger partial charge on any atom is -0.389 e. The van der Waals surface area contributed by atoms with Crippen molar-refractivity contribution in [3.05, 3.63) is 35.9 Å². The van der Waals surface area contributed by atoms with E-state index in [0.29, 0.717) is 31.7 Å². The molecule has 0 saturated carbocycles. The average Bonchev–Trinajstić information content (AvgIpc) is 2.50. The number of aliphatic hydroxyl groups excluding tert-OH is 1. The Labute approximate surface area is 134 Å². The quantitative estimate of drug-likeness (QED) is 0.800. The fourth-order valence-corrected chi connectivity index (χ4v) is 2.90. The number of morpholine rings is 1. The van der Waals surface area contributed by atoms with Crippen LogP contribution in [-0.2, 0) is 16.1 Å². The maximum Gasteiger partial charge on any atom is 0.0900 e. The molecule has 2 rings (SSSR count). The number of nitrogens with zero attached hydrogens (tertiary/aromatic N) is 1. The van der Waals surface area contributed by atoms with Crippen LogP contribution in [0.4, 0.5) is 0 Å². The highest BCUT2D eigenvalue weighted by Gasteiger charge is 2.25. The van der Waals surface area contributed by atoms with Gasteiger partial charge < -0.3 is 14.6 Å². The van der Waals surface area contributed by atoms with Crippen molar-refractivity contribution in [3.8, 4) is 0 Å². The molecule has 0 bridgehead atoms. The van der Waals surface area contributed by atoms with E-state index >= 15 is 0 Å². The van der Waals surface area contributed by atoms with Gasteiger partial charge in [0.15, 0.2) is 0 Å².